The van der Waals surface area contributed by atoms with Gasteiger partial charge in [-0.25, -0.2) is 0 Å². The summed E-state index contributed by atoms with van der Waals surface area (Å²) in [6.07, 6.45) is 3.16. The van der Waals surface area contributed by atoms with Crippen molar-refractivity contribution in [1.82, 2.24) is 15.0 Å². The summed E-state index contributed by atoms with van der Waals surface area (Å²) in [7, 11) is 0. The predicted octanol–water partition coefficient (Wildman–Crippen LogP) is 1.38. The smallest absolute Gasteiger partial charge is 0.231 e. The van der Waals surface area contributed by atoms with Gasteiger partial charge in [0.25, 0.3) is 0 Å². The zero-order chi connectivity index (χ0) is 13.5. The molecular formula is C12H21N5OS. The van der Waals surface area contributed by atoms with Crippen molar-refractivity contribution >= 4 is 23.7 Å². The minimum atomic E-state index is 0.205. The summed E-state index contributed by atoms with van der Waals surface area (Å²) < 4.78 is 0. The maximum atomic E-state index is 8.82. The molecule has 2 rings (SSSR count). The number of nitrogens with zero attached hydrogens (tertiary/aromatic N) is 4. The molecule has 6 nitrogen and oxygen atoms in total. The summed E-state index contributed by atoms with van der Waals surface area (Å²) in [6.45, 7) is 5.08. The summed E-state index contributed by atoms with van der Waals surface area (Å²) in [6, 6.07) is 0. The molecule has 0 bridgehead atoms. The SMILES string of the molecule is CCNc1nc(SCCCO)nc(N2CCCC2)n1. The number of rotatable bonds is 7. The Morgan fingerprint density at radius 3 is 2.74 bits per heavy atom. The lowest BCUT2D eigenvalue weighted by atomic mass is 10.4. The molecule has 2 heterocycles. The van der Waals surface area contributed by atoms with Crippen LogP contribution >= 0.6 is 11.8 Å². The average molecular weight is 283 g/mol. The Balaban J connectivity index is 2.11. The van der Waals surface area contributed by atoms with Crippen LogP contribution in [0.4, 0.5) is 11.9 Å². The summed E-state index contributed by atoms with van der Waals surface area (Å²) in [5.41, 5.74) is 0. The third-order valence-corrected chi connectivity index (χ3v) is 3.79. The van der Waals surface area contributed by atoms with Gasteiger partial charge in [-0.1, -0.05) is 11.8 Å². The summed E-state index contributed by atoms with van der Waals surface area (Å²) in [5, 5.41) is 12.7. The van der Waals surface area contributed by atoms with Crippen LogP contribution in [0.5, 0.6) is 0 Å². The molecule has 1 aromatic rings. The van der Waals surface area contributed by atoms with E-state index < -0.39 is 0 Å². The molecule has 1 fully saturated rings. The Kier molecular flexibility index (Phi) is 5.65. The van der Waals surface area contributed by atoms with Crippen LogP contribution in [0.25, 0.3) is 0 Å². The number of aliphatic hydroxyl groups excluding tert-OH is 1. The lowest BCUT2D eigenvalue weighted by Crippen LogP contribution is -2.22. The quantitative estimate of drug-likeness (QED) is 0.578. The maximum absolute atomic E-state index is 8.82. The molecule has 0 unspecified atom stereocenters. The van der Waals surface area contributed by atoms with Gasteiger partial charge in [0.15, 0.2) is 5.16 Å². The number of hydrogen-bond acceptors (Lipinski definition) is 7. The zero-order valence-electron chi connectivity index (χ0n) is 11.3. The Hall–Kier alpha value is -1.08. The van der Waals surface area contributed by atoms with Gasteiger partial charge in [0.2, 0.25) is 11.9 Å². The van der Waals surface area contributed by atoms with Crippen molar-refractivity contribution in [3.05, 3.63) is 0 Å². The molecule has 0 aliphatic carbocycles. The monoisotopic (exact) mass is 283 g/mol. The first-order chi connectivity index (χ1) is 9.33. The lowest BCUT2D eigenvalue weighted by Gasteiger charge is -2.16. The van der Waals surface area contributed by atoms with E-state index in [2.05, 4.69) is 25.2 Å². The molecule has 0 amide bonds. The fourth-order valence-corrected chi connectivity index (χ4v) is 2.69. The first-order valence-electron chi connectivity index (χ1n) is 6.82. The molecule has 7 heteroatoms. The van der Waals surface area contributed by atoms with Gasteiger partial charge >= 0.3 is 0 Å². The van der Waals surface area contributed by atoms with Gasteiger partial charge < -0.3 is 15.3 Å². The van der Waals surface area contributed by atoms with Crippen LogP contribution in [0, 0.1) is 0 Å². The average Bonchev–Trinajstić information content (AvgIpc) is 2.93. The third kappa shape index (κ3) is 4.21. The van der Waals surface area contributed by atoms with Gasteiger partial charge in [-0.15, -0.1) is 0 Å². The minimum absolute atomic E-state index is 0.205. The second kappa shape index (κ2) is 7.49. The number of anilines is 2. The van der Waals surface area contributed by atoms with Crippen molar-refractivity contribution < 1.29 is 5.11 Å². The molecule has 0 spiro atoms. The van der Waals surface area contributed by atoms with Crippen LogP contribution in [-0.2, 0) is 0 Å². The second-order valence-electron chi connectivity index (χ2n) is 4.39. The van der Waals surface area contributed by atoms with Gasteiger partial charge in [0, 0.05) is 32.0 Å². The highest BCUT2D eigenvalue weighted by atomic mass is 32.2. The summed E-state index contributed by atoms with van der Waals surface area (Å²) in [5.74, 6) is 2.24. The highest BCUT2D eigenvalue weighted by molar-refractivity contribution is 7.99. The largest absolute Gasteiger partial charge is 0.396 e. The number of hydrogen-bond donors (Lipinski definition) is 2. The van der Waals surface area contributed by atoms with E-state index >= 15 is 0 Å². The van der Waals surface area contributed by atoms with E-state index in [4.69, 9.17) is 5.11 Å². The highest BCUT2D eigenvalue weighted by Gasteiger charge is 2.17. The number of aromatic nitrogens is 3. The van der Waals surface area contributed by atoms with Crippen molar-refractivity contribution in [3.8, 4) is 0 Å². The van der Waals surface area contributed by atoms with Gasteiger partial charge in [-0.2, -0.15) is 15.0 Å². The van der Waals surface area contributed by atoms with Gasteiger partial charge in [0.05, 0.1) is 0 Å². The molecule has 19 heavy (non-hydrogen) atoms. The molecule has 106 valence electrons. The van der Waals surface area contributed by atoms with Crippen molar-refractivity contribution in [2.45, 2.75) is 31.3 Å². The first kappa shape index (κ1) is 14.3. The van der Waals surface area contributed by atoms with Crippen LogP contribution in [0.2, 0.25) is 0 Å². The molecule has 0 atom stereocenters. The third-order valence-electron chi connectivity index (χ3n) is 2.86. The van der Waals surface area contributed by atoms with Crippen molar-refractivity contribution in [1.29, 1.82) is 0 Å². The molecule has 0 aromatic carbocycles. The van der Waals surface area contributed by atoms with E-state index in [1.54, 1.807) is 11.8 Å². The Morgan fingerprint density at radius 1 is 1.26 bits per heavy atom. The van der Waals surface area contributed by atoms with Crippen LogP contribution < -0.4 is 10.2 Å². The predicted molar refractivity (Wildman–Crippen MR) is 77.9 cm³/mol. The summed E-state index contributed by atoms with van der Waals surface area (Å²) >= 11 is 1.57. The lowest BCUT2D eigenvalue weighted by molar-refractivity contribution is 0.296. The van der Waals surface area contributed by atoms with Crippen molar-refractivity contribution in [2.75, 3.05) is 42.2 Å². The topological polar surface area (TPSA) is 74.2 Å². The molecule has 1 aliphatic rings. The number of aliphatic hydroxyl groups is 1. The zero-order valence-corrected chi connectivity index (χ0v) is 12.1. The molecule has 1 aliphatic heterocycles. The summed E-state index contributed by atoms with van der Waals surface area (Å²) in [4.78, 5) is 15.6. The van der Waals surface area contributed by atoms with Gasteiger partial charge in [-0.05, 0) is 26.2 Å². The Bertz CT molecular complexity index is 398. The fraction of sp³-hybridized carbons (Fsp3) is 0.750. The molecular weight excluding hydrogens is 262 g/mol. The second-order valence-corrected chi connectivity index (χ2v) is 5.45. The van der Waals surface area contributed by atoms with E-state index in [-0.39, 0.29) is 6.61 Å². The van der Waals surface area contributed by atoms with Crippen molar-refractivity contribution in [2.24, 2.45) is 0 Å². The van der Waals surface area contributed by atoms with E-state index in [0.29, 0.717) is 5.95 Å². The van der Waals surface area contributed by atoms with Crippen molar-refractivity contribution in [3.63, 3.8) is 0 Å². The Labute approximate surface area is 118 Å². The van der Waals surface area contributed by atoms with Gasteiger partial charge in [0.1, 0.15) is 0 Å². The van der Waals surface area contributed by atoms with E-state index in [0.717, 1.165) is 42.9 Å². The van der Waals surface area contributed by atoms with Crippen LogP contribution in [0.15, 0.2) is 5.16 Å². The molecule has 0 radical (unpaired) electrons. The number of thioether (sulfide) groups is 1. The van der Waals surface area contributed by atoms with Crippen LogP contribution in [0.1, 0.15) is 26.2 Å². The van der Waals surface area contributed by atoms with Gasteiger partial charge in [-0.3, -0.25) is 0 Å². The molecule has 2 N–H and O–H groups in total. The standard InChI is InChI=1S/C12H21N5OS/c1-2-13-10-14-11(17-6-3-4-7-17)16-12(15-10)19-9-5-8-18/h18H,2-9H2,1H3,(H,13,14,15,16). The molecule has 1 saturated heterocycles. The number of nitrogens with one attached hydrogen (secondary N) is 1. The van der Waals surface area contributed by atoms with Crippen LogP contribution in [-0.4, -0.2) is 52.1 Å². The van der Waals surface area contributed by atoms with E-state index in [9.17, 15) is 0 Å². The molecule has 1 aromatic heterocycles. The fourth-order valence-electron chi connectivity index (χ4n) is 1.93. The maximum Gasteiger partial charge on any atom is 0.231 e. The van der Waals surface area contributed by atoms with E-state index in [1.807, 2.05) is 6.92 Å². The highest BCUT2D eigenvalue weighted by Crippen LogP contribution is 2.21. The minimum Gasteiger partial charge on any atom is -0.396 e. The molecule has 0 saturated carbocycles. The normalized spacial score (nSPS) is 14.9. The Morgan fingerprint density at radius 2 is 2.05 bits per heavy atom. The first-order valence-corrected chi connectivity index (χ1v) is 7.80. The van der Waals surface area contributed by atoms with E-state index in [1.165, 1.54) is 12.8 Å². The van der Waals surface area contributed by atoms with Crippen LogP contribution in [0.3, 0.4) is 0 Å².